The van der Waals surface area contributed by atoms with Crippen molar-refractivity contribution in [1.82, 2.24) is 9.97 Å². The van der Waals surface area contributed by atoms with Crippen LogP contribution in [0.4, 0.5) is 0 Å². The van der Waals surface area contributed by atoms with E-state index in [1.165, 1.54) is 0 Å². The topological polar surface area (TPSA) is 61.3 Å². The van der Waals surface area contributed by atoms with Crippen LogP contribution in [0.5, 0.6) is 5.75 Å². The average molecular weight is 322 g/mol. The van der Waals surface area contributed by atoms with Crippen molar-refractivity contribution in [1.29, 1.82) is 0 Å². The SMILES string of the molecule is COc1ccccc1CC(=O)OCc1nc2ccccc2nc1C. The molecule has 0 bridgehead atoms. The van der Waals surface area contributed by atoms with Gasteiger partial charge in [0.05, 0.1) is 36.0 Å². The first-order chi connectivity index (χ1) is 11.7. The number of aryl methyl sites for hydroxylation is 1. The fourth-order valence-corrected chi connectivity index (χ4v) is 2.47. The number of benzene rings is 2. The van der Waals surface area contributed by atoms with Gasteiger partial charge in [0.2, 0.25) is 0 Å². The standard InChI is InChI=1S/C19H18N2O3/c1-13-17(21-16-9-5-4-8-15(16)20-13)12-24-19(22)11-14-7-3-6-10-18(14)23-2/h3-10H,11-12H2,1-2H3. The summed E-state index contributed by atoms with van der Waals surface area (Å²) in [5.41, 5.74) is 3.85. The summed E-state index contributed by atoms with van der Waals surface area (Å²) in [6.45, 7) is 1.97. The number of hydrogen-bond acceptors (Lipinski definition) is 5. The van der Waals surface area contributed by atoms with Gasteiger partial charge in [-0.05, 0) is 25.1 Å². The maximum absolute atomic E-state index is 12.1. The minimum Gasteiger partial charge on any atom is -0.496 e. The van der Waals surface area contributed by atoms with Crippen molar-refractivity contribution in [2.45, 2.75) is 20.0 Å². The third-order valence-corrected chi connectivity index (χ3v) is 3.74. The number of fused-ring (bicyclic) bond motifs is 1. The molecule has 2 aromatic carbocycles. The average Bonchev–Trinajstić information content (AvgIpc) is 2.60. The van der Waals surface area contributed by atoms with Crippen LogP contribution in [-0.4, -0.2) is 23.0 Å². The Morgan fingerprint density at radius 3 is 2.42 bits per heavy atom. The Kier molecular flexibility index (Phi) is 4.70. The van der Waals surface area contributed by atoms with E-state index < -0.39 is 0 Å². The molecule has 122 valence electrons. The second-order valence-electron chi connectivity index (χ2n) is 5.39. The molecule has 0 unspecified atom stereocenters. The monoisotopic (exact) mass is 322 g/mol. The zero-order valence-corrected chi connectivity index (χ0v) is 13.7. The van der Waals surface area contributed by atoms with Crippen molar-refractivity contribution in [3.63, 3.8) is 0 Å². The number of hydrogen-bond donors (Lipinski definition) is 0. The van der Waals surface area contributed by atoms with E-state index in [9.17, 15) is 4.79 Å². The van der Waals surface area contributed by atoms with E-state index in [0.29, 0.717) is 11.4 Å². The minimum absolute atomic E-state index is 0.109. The first-order valence-electron chi connectivity index (χ1n) is 7.67. The second-order valence-corrected chi connectivity index (χ2v) is 5.39. The van der Waals surface area contributed by atoms with E-state index in [1.807, 2.05) is 55.5 Å². The normalized spacial score (nSPS) is 10.6. The van der Waals surface area contributed by atoms with Crippen molar-refractivity contribution < 1.29 is 14.3 Å². The number of nitrogens with zero attached hydrogens (tertiary/aromatic N) is 2. The number of carbonyl (C=O) groups is 1. The number of carbonyl (C=O) groups excluding carboxylic acids is 1. The van der Waals surface area contributed by atoms with Gasteiger partial charge in [0, 0.05) is 5.56 Å². The lowest BCUT2D eigenvalue weighted by molar-refractivity contribution is -0.144. The lowest BCUT2D eigenvalue weighted by Crippen LogP contribution is -2.11. The Bertz CT molecular complexity index is 877. The zero-order valence-electron chi connectivity index (χ0n) is 13.7. The lowest BCUT2D eigenvalue weighted by atomic mass is 10.1. The van der Waals surface area contributed by atoms with Crippen molar-refractivity contribution in [3.05, 3.63) is 65.5 Å². The van der Waals surface area contributed by atoms with Gasteiger partial charge in [-0.15, -0.1) is 0 Å². The molecule has 0 saturated carbocycles. The fraction of sp³-hybridized carbons (Fsp3) is 0.211. The maximum Gasteiger partial charge on any atom is 0.310 e. The van der Waals surface area contributed by atoms with Crippen LogP contribution >= 0.6 is 0 Å². The molecule has 0 aliphatic heterocycles. The highest BCUT2D eigenvalue weighted by atomic mass is 16.5. The van der Waals surface area contributed by atoms with Crippen molar-refractivity contribution in [2.75, 3.05) is 7.11 Å². The molecule has 0 radical (unpaired) electrons. The molecule has 0 spiro atoms. The Morgan fingerprint density at radius 1 is 1.00 bits per heavy atom. The van der Waals surface area contributed by atoms with Gasteiger partial charge in [-0.25, -0.2) is 9.97 Å². The van der Waals surface area contributed by atoms with Gasteiger partial charge < -0.3 is 9.47 Å². The van der Waals surface area contributed by atoms with Crippen molar-refractivity contribution in [3.8, 4) is 5.75 Å². The lowest BCUT2D eigenvalue weighted by Gasteiger charge is -2.09. The third kappa shape index (κ3) is 3.51. The van der Waals surface area contributed by atoms with Crippen LogP contribution in [0.25, 0.3) is 11.0 Å². The fourth-order valence-electron chi connectivity index (χ4n) is 2.47. The molecule has 0 amide bonds. The van der Waals surface area contributed by atoms with Gasteiger partial charge in [0.15, 0.2) is 0 Å². The molecule has 0 fully saturated rings. The second kappa shape index (κ2) is 7.08. The molecule has 3 aromatic rings. The summed E-state index contributed by atoms with van der Waals surface area (Å²) < 4.78 is 10.6. The van der Waals surface area contributed by atoms with Gasteiger partial charge in [-0.3, -0.25) is 4.79 Å². The Morgan fingerprint density at radius 2 is 1.67 bits per heavy atom. The van der Waals surface area contributed by atoms with E-state index >= 15 is 0 Å². The first kappa shape index (κ1) is 15.9. The summed E-state index contributed by atoms with van der Waals surface area (Å²) in [6, 6.07) is 15.0. The molecule has 24 heavy (non-hydrogen) atoms. The first-order valence-corrected chi connectivity index (χ1v) is 7.67. The third-order valence-electron chi connectivity index (χ3n) is 3.74. The van der Waals surface area contributed by atoms with E-state index in [4.69, 9.17) is 9.47 Å². The summed E-state index contributed by atoms with van der Waals surface area (Å²) in [5, 5.41) is 0. The van der Waals surface area contributed by atoms with Gasteiger partial charge in [-0.2, -0.15) is 0 Å². The van der Waals surface area contributed by atoms with Crippen LogP contribution in [0.3, 0.4) is 0 Å². The van der Waals surface area contributed by atoms with E-state index in [-0.39, 0.29) is 19.0 Å². The summed E-state index contributed by atoms with van der Waals surface area (Å²) in [5.74, 6) is 0.352. The van der Waals surface area contributed by atoms with E-state index in [1.54, 1.807) is 7.11 Å². The predicted octanol–water partition coefficient (Wildman–Crippen LogP) is 3.23. The van der Waals surface area contributed by atoms with Gasteiger partial charge in [0.25, 0.3) is 0 Å². The highest BCUT2D eigenvalue weighted by Crippen LogP contribution is 2.18. The highest BCUT2D eigenvalue weighted by molar-refractivity contribution is 5.75. The van der Waals surface area contributed by atoms with Crippen LogP contribution in [0.2, 0.25) is 0 Å². The number of para-hydroxylation sites is 3. The van der Waals surface area contributed by atoms with Crippen LogP contribution in [0.1, 0.15) is 17.0 Å². The molecule has 0 aliphatic rings. The Balaban J connectivity index is 1.69. The number of esters is 1. The Hall–Kier alpha value is -2.95. The zero-order chi connectivity index (χ0) is 16.9. The molecule has 5 heteroatoms. The highest BCUT2D eigenvalue weighted by Gasteiger charge is 2.12. The number of rotatable bonds is 5. The van der Waals surface area contributed by atoms with Crippen LogP contribution in [0.15, 0.2) is 48.5 Å². The van der Waals surface area contributed by atoms with E-state index in [2.05, 4.69) is 9.97 Å². The largest absolute Gasteiger partial charge is 0.496 e. The summed E-state index contributed by atoms with van der Waals surface area (Å²) >= 11 is 0. The maximum atomic E-state index is 12.1. The molecule has 3 rings (SSSR count). The smallest absolute Gasteiger partial charge is 0.310 e. The molecule has 1 heterocycles. The van der Waals surface area contributed by atoms with Gasteiger partial charge >= 0.3 is 5.97 Å². The van der Waals surface area contributed by atoms with Crippen LogP contribution in [0, 0.1) is 6.92 Å². The summed E-state index contributed by atoms with van der Waals surface area (Å²) in [4.78, 5) is 21.1. The molecule has 1 aromatic heterocycles. The van der Waals surface area contributed by atoms with Crippen LogP contribution < -0.4 is 4.74 Å². The number of methoxy groups -OCH3 is 1. The Labute approximate surface area is 140 Å². The minimum atomic E-state index is -0.325. The molecule has 0 atom stereocenters. The van der Waals surface area contributed by atoms with E-state index in [0.717, 1.165) is 22.3 Å². The molecular weight excluding hydrogens is 304 g/mol. The number of ether oxygens (including phenoxy) is 2. The molecular formula is C19H18N2O3. The van der Waals surface area contributed by atoms with Crippen LogP contribution in [-0.2, 0) is 22.6 Å². The quantitative estimate of drug-likeness (QED) is 0.675. The molecule has 0 N–H and O–H groups in total. The predicted molar refractivity (Wildman–Crippen MR) is 90.8 cm³/mol. The summed E-state index contributed by atoms with van der Waals surface area (Å²) in [6.07, 6.45) is 0.157. The molecule has 0 aliphatic carbocycles. The molecule has 0 saturated heterocycles. The van der Waals surface area contributed by atoms with Crippen molar-refractivity contribution >= 4 is 17.0 Å². The van der Waals surface area contributed by atoms with Gasteiger partial charge in [0.1, 0.15) is 12.4 Å². The van der Waals surface area contributed by atoms with Gasteiger partial charge in [-0.1, -0.05) is 30.3 Å². The molecule has 5 nitrogen and oxygen atoms in total. The summed E-state index contributed by atoms with van der Waals surface area (Å²) in [7, 11) is 1.58. The van der Waals surface area contributed by atoms with Crippen molar-refractivity contribution in [2.24, 2.45) is 0 Å². The number of aromatic nitrogens is 2.